The smallest absolute Gasteiger partial charge is 0.328 e. The van der Waals surface area contributed by atoms with Crippen LogP contribution in [-0.2, 0) is 4.79 Å². The fraction of sp³-hybridized carbons (Fsp3) is 0.385. The zero-order valence-electron chi connectivity index (χ0n) is 10.3. The molecule has 0 saturated carbocycles. The Morgan fingerprint density at radius 3 is 2.89 bits per heavy atom. The number of anilines is 2. The van der Waals surface area contributed by atoms with Gasteiger partial charge in [0, 0.05) is 18.7 Å². The van der Waals surface area contributed by atoms with Gasteiger partial charge in [-0.3, -0.25) is 4.79 Å². The topological polar surface area (TPSA) is 75.4 Å². The van der Waals surface area contributed by atoms with Gasteiger partial charge < -0.3 is 11.1 Å². The Kier molecular flexibility index (Phi) is 3.50. The van der Waals surface area contributed by atoms with Crippen molar-refractivity contribution in [2.75, 3.05) is 17.2 Å². The molecule has 1 atom stereocenters. The van der Waals surface area contributed by atoms with Crippen LogP contribution in [0.2, 0.25) is 0 Å². The van der Waals surface area contributed by atoms with Crippen LogP contribution in [0, 0.1) is 5.92 Å². The van der Waals surface area contributed by atoms with E-state index in [9.17, 15) is 9.59 Å². The number of nitrogens with one attached hydrogen (secondary N) is 1. The summed E-state index contributed by atoms with van der Waals surface area (Å²) in [5.41, 5.74) is 6.73. The van der Waals surface area contributed by atoms with E-state index in [0.717, 1.165) is 6.42 Å². The van der Waals surface area contributed by atoms with Crippen LogP contribution in [0.15, 0.2) is 24.3 Å². The molecular formula is C13H17N3O2. The molecule has 1 aliphatic rings. The van der Waals surface area contributed by atoms with Crippen molar-refractivity contribution in [1.29, 1.82) is 0 Å². The Labute approximate surface area is 106 Å². The lowest BCUT2D eigenvalue weighted by Crippen LogP contribution is -2.41. The van der Waals surface area contributed by atoms with Gasteiger partial charge in [-0.1, -0.05) is 19.4 Å². The molecule has 2 rings (SSSR count). The van der Waals surface area contributed by atoms with E-state index in [4.69, 9.17) is 5.73 Å². The van der Waals surface area contributed by atoms with Crippen LogP contribution < -0.4 is 16.0 Å². The van der Waals surface area contributed by atoms with Gasteiger partial charge in [0.05, 0.1) is 5.69 Å². The maximum absolute atomic E-state index is 12.1. The van der Waals surface area contributed by atoms with Gasteiger partial charge in [-0.15, -0.1) is 0 Å². The molecule has 1 aromatic rings. The van der Waals surface area contributed by atoms with Crippen LogP contribution in [-0.4, -0.2) is 18.5 Å². The number of carbonyl (C=O) groups excluding carboxylic acids is 2. The SMILES string of the molecule is CCC1CNC(=O)N(c2cccc(N)c2)C(=O)C1. The predicted molar refractivity (Wildman–Crippen MR) is 70.1 cm³/mol. The van der Waals surface area contributed by atoms with E-state index in [-0.39, 0.29) is 17.9 Å². The molecule has 3 amide bonds. The van der Waals surface area contributed by atoms with E-state index < -0.39 is 0 Å². The first kappa shape index (κ1) is 12.4. The molecule has 0 aliphatic carbocycles. The number of nitrogen functional groups attached to an aromatic ring is 1. The zero-order chi connectivity index (χ0) is 13.1. The molecule has 0 radical (unpaired) electrons. The first-order valence-corrected chi connectivity index (χ1v) is 6.08. The lowest BCUT2D eigenvalue weighted by molar-refractivity contribution is -0.118. The molecule has 1 fully saturated rings. The molecule has 3 N–H and O–H groups in total. The van der Waals surface area contributed by atoms with E-state index in [2.05, 4.69) is 5.32 Å². The monoisotopic (exact) mass is 247 g/mol. The summed E-state index contributed by atoms with van der Waals surface area (Å²) >= 11 is 0. The van der Waals surface area contributed by atoms with Crippen molar-refractivity contribution in [3.8, 4) is 0 Å². The number of hydrogen-bond acceptors (Lipinski definition) is 3. The molecule has 1 unspecified atom stereocenters. The summed E-state index contributed by atoms with van der Waals surface area (Å²) in [5.74, 6) is 0.0231. The third-order valence-corrected chi connectivity index (χ3v) is 3.16. The second kappa shape index (κ2) is 5.08. The number of hydrogen-bond donors (Lipinski definition) is 2. The van der Waals surface area contributed by atoms with Gasteiger partial charge in [0.1, 0.15) is 0 Å². The Morgan fingerprint density at radius 2 is 2.22 bits per heavy atom. The summed E-state index contributed by atoms with van der Waals surface area (Å²) in [4.78, 5) is 25.3. The van der Waals surface area contributed by atoms with E-state index in [1.165, 1.54) is 4.90 Å². The average molecular weight is 247 g/mol. The molecule has 0 bridgehead atoms. The third-order valence-electron chi connectivity index (χ3n) is 3.16. The number of imide groups is 1. The first-order chi connectivity index (χ1) is 8.61. The van der Waals surface area contributed by atoms with Crippen LogP contribution in [0.1, 0.15) is 19.8 Å². The molecule has 1 aliphatic heterocycles. The number of rotatable bonds is 2. The number of urea groups is 1. The molecule has 96 valence electrons. The van der Waals surface area contributed by atoms with Crippen molar-refractivity contribution in [1.82, 2.24) is 5.32 Å². The minimum absolute atomic E-state index is 0.178. The molecule has 0 spiro atoms. The average Bonchev–Trinajstić information content (AvgIpc) is 2.48. The molecule has 0 aromatic heterocycles. The second-order valence-corrected chi connectivity index (χ2v) is 4.49. The highest BCUT2D eigenvalue weighted by Gasteiger charge is 2.29. The Morgan fingerprint density at radius 1 is 1.44 bits per heavy atom. The van der Waals surface area contributed by atoms with Gasteiger partial charge in [-0.05, 0) is 24.1 Å². The van der Waals surface area contributed by atoms with Crippen molar-refractivity contribution in [2.45, 2.75) is 19.8 Å². The van der Waals surface area contributed by atoms with Crippen LogP contribution in [0.5, 0.6) is 0 Å². The van der Waals surface area contributed by atoms with Crippen LogP contribution >= 0.6 is 0 Å². The summed E-state index contributed by atoms with van der Waals surface area (Å²) in [7, 11) is 0. The highest BCUT2D eigenvalue weighted by Crippen LogP contribution is 2.22. The van der Waals surface area contributed by atoms with Crippen LogP contribution in [0.25, 0.3) is 0 Å². The molecule has 18 heavy (non-hydrogen) atoms. The number of nitrogens with zero attached hydrogens (tertiary/aromatic N) is 1. The summed E-state index contributed by atoms with van der Waals surface area (Å²) in [6.07, 6.45) is 1.25. The number of carbonyl (C=O) groups is 2. The maximum Gasteiger partial charge on any atom is 0.328 e. The van der Waals surface area contributed by atoms with Gasteiger partial charge >= 0.3 is 6.03 Å². The normalized spacial score (nSPS) is 20.5. The zero-order valence-corrected chi connectivity index (χ0v) is 10.3. The first-order valence-electron chi connectivity index (χ1n) is 6.08. The molecule has 1 aromatic carbocycles. The highest BCUT2D eigenvalue weighted by atomic mass is 16.2. The Hall–Kier alpha value is -2.04. The fourth-order valence-corrected chi connectivity index (χ4v) is 2.05. The summed E-state index contributed by atoms with van der Waals surface area (Å²) in [6.45, 7) is 2.56. The van der Waals surface area contributed by atoms with Crippen molar-refractivity contribution in [2.24, 2.45) is 5.92 Å². The van der Waals surface area contributed by atoms with Gasteiger partial charge in [-0.2, -0.15) is 0 Å². The quantitative estimate of drug-likeness (QED) is 0.782. The van der Waals surface area contributed by atoms with E-state index in [1.54, 1.807) is 24.3 Å². The number of amides is 3. The second-order valence-electron chi connectivity index (χ2n) is 4.49. The summed E-state index contributed by atoms with van der Waals surface area (Å²) in [5, 5.41) is 2.77. The minimum Gasteiger partial charge on any atom is -0.399 e. The summed E-state index contributed by atoms with van der Waals surface area (Å²) < 4.78 is 0. The van der Waals surface area contributed by atoms with Crippen molar-refractivity contribution in [3.05, 3.63) is 24.3 Å². The van der Waals surface area contributed by atoms with Crippen LogP contribution in [0.3, 0.4) is 0 Å². The predicted octanol–water partition coefficient (Wildman–Crippen LogP) is 1.74. The lowest BCUT2D eigenvalue weighted by atomic mass is 10.0. The number of nitrogens with two attached hydrogens (primary N) is 1. The Balaban J connectivity index is 2.30. The van der Waals surface area contributed by atoms with E-state index >= 15 is 0 Å². The van der Waals surface area contributed by atoms with Crippen molar-refractivity contribution >= 4 is 23.3 Å². The van der Waals surface area contributed by atoms with Gasteiger partial charge in [0.2, 0.25) is 5.91 Å². The van der Waals surface area contributed by atoms with E-state index in [1.807, 2.05) is 6.92 Å². The molecule has 5 heteroatoms. The van der Waals surface area contributed by atoms with E-state index in [0.29, 0.717) is 24.3 Å². The third kappa shape index (κ3) is 2.45. The minimum atomic E-state index is -0.374. The lowest BCUT2D eigenvalue weighted by Gasteiger charge is -2.18. The van der Waals surface area contributed by atoms with Gasteiger partial charge in [0.15, 0.2) is 0 Å². The molecular weight excluding hydrogens is 230 g/mol. The standard InChI is InChI=1S/C13H17N3O2/c1-2-9-6-12(17)16(13(18)15-8-9)11-5-3-4-10(14)7-11/h3-5,7,9H,2,6,8,14H2,1H3,(H,15,18). The van der Waals surface area contributed by atoms with Crippen molar-refractivity contribution < 1.29 is 9.59 Å². The summed E-state index contributed by atoms with van der Waals surface area (Å²) in [6, 6.07) is 6.41. The van der Waals surface area contributed by atoms with Crippen molar-refractivity contribution in [3.63, 3.8) is 0 Å². The van der Waals surface area contributed by atoms with Gasteiger partial charge in [0.25, 0.3) is 0 Å². The molecule has 5 nitrogen and oxygen atoms in total. The largest absolute Gasteiger partial charge is 0.399 e. The fourth-order valence-electron chi connectivity index (χ4n) is 2.05. The molecule has 1 saturated heterocycles. The highest BCUT2D eigenvalue weighted by molar-refractivity contribution is 6.14. The maximum atomic E-state index is 12.1. The number of benzene rings is 1. The van der Waals surface area contributed by atoms with Crippen LogP contribution in [0.4, 0.5) is 16.2 Å². The van der Waals surface area contributed by atoms with Gasteiger partial charge in [-0.25, -0.2) is 9.69 Å². The Bertz CT molecular complexity index is 473. The molecule has 1 heterocycles.